The minimum atomic E-state index is -0.471. The van der Waals surface area contributed by atoms with Crippen LogP contribution in [-0.2, 0) is 78.1 Å². The lowest BCUT2D eigenvalue weighted by molar-refractivity contribution is -0.884. The third kappa shape index (κ3) is 63.9. The lowest BCUT2D eigenvalue weighted by atomic mass is 9.97. The van der Waals surface area contributed by atoms with Gasteiger partial charge in [0.1, 0.15) is 105 Å². The first-order valence-electron chi connectivity index (χ1n) is 48.3. The van der Waals surface area contributed by atoms with Gasteiger partial charge in [-0.05, 0) is 235 Å². The van der Waals surface area contributed by atoms with Gasteiger partial charge in [-0.25, -0.2) is 0 Å². The molecule has 0 unspecified atom stereocenters. The zero-order chi connectivity index (χ0) is 106. The van der Waals surface area contributed by atoms with E-state index in [9.17, 15) is 19.2 Å². The fourth-order valence-electron chi connectivity index (χ4n) is 13.2. The van der Waals surface area contributed by atoms with Crippen LogP contribution in [0.5, 0.6) is 40.2 Å². The fourth-order valence-corrected chi connectivity index (χ4v) is 13.2. The van der Waals surface area contributed by atoms with E-state index in [0.717, 1.165) is 123 Å². The van der Waals surface area contributed by atoms with Crippen molar-refractivity contribution in [2.24, 2.45) is 11.3 Å². The van der Waals surface area contributed by atoms with E-state index in [-0.39, 0.29) is 35.4 Å². The lowest BCUT2D eigenvalue weighted by Gasteiger charge is -2.24. The second kappa shape index (κ2) is 57.6. The quantitative estimate of drug-likeness (QED) is 0.0242. The molecule has 0 amide bonds. The number of hydrogen-bond acceptors (Lipinski definition) is 11. The van der Waals surface area contributed by atoms with Gasteiger partial charge in [-0.3, -0.25) is 19.2 Å². The average Bonchev–Trinajstić information content (AvgIpc) is 0.856. The highest BCUT2D eigenvalue weighted by molar-refractivity contribution is 5.78. The molecule has 762 valence electrons. The summed E-state index contributed by atoms with van der Waals surface area (Å²) in [6.07, 6.45) is 2.27. The third-order valence-electron chi connectivity index (χ3n) is 18.9. The van der Waals surface area contributed by atoms with Crippen molar-refractivity contribution in [3.05, 3.63) is 311 Å². The van der Waals surface area contributed by atoms with Crippen LogP contribution in [0, 0.1) is 11.3 Å². The normalized spacial score (nSPS) is 11.7. The molecule has 0 saturated carbocycles. The van der Waals surface area contributed by atoms with Crippen LogP contribution < -0.4 is 33.2 Å². The molecule has 0 aliphatic heterocycles. The molecule has 10 aromatic carbocycles. The number of ether oxygens (including phenoxy) is 7. The van der Waals surface area contributed by atoms with Gasteiger partial charge in [0.2, 0.25) is 0 Å². The van der Waals surface area contributed by atoms with E-state index >= 15 is 0 Å². The zero-order valence-corrected chi connectivity index (χ0v) is 93.3. The Labute approximate surface area is 842 Å². The maximum atomic E-state index is 11.7. The highest BCUT2D eigenvalue weighted by atomic mass is 16.5. The fraction of sp³-hybridized carbons (Fsp3) is 0.445. The van der Waals surface area contributed by atoms with Crippen molar-refractivity contribution in [1.82, 2.24) is 0 Å². The van der Waals surface area contributed by atoms with Gasteiger partial charge < -0.3 is 73.5 Å². The molecule has 0 heterocycles. The molecule has 10 aromatic rings. The summed E-state index contributed by atoms with van der Waals surface area (Å²) in [6.45, 7) is 34.1. The van der Waals surface area contributed by atoms with Crippen LogP contribution in [0.3, 0.4) is 0 Å². The van der Waals surface area contributed by atoms with Gasteiger partial charge in [0, 0.05) is 63.4 Å². The van der Waals surface area contributed by atoms with Crippen molar-refractivity contribution in [3.63, 3.8) is 0 Å². The molecule has 0 aliphatic carbocycles. The summed E-state index contributed by atoms with van der Waals surface area (Å²) in [6, 6.07) is 83.7. The highest BCUT2D eigenvalue weighted by Crippen LogP contribution is 2.27. The van der Waals surface area contributed by atoms with Crippen molar-refractivity contribution >= 4 is 30.0 Å². The summed E-state index contributed by atoms with van der Waals surface area (Å²) in [5.41, 5.74) is 14.9. The molecule has 0 aliphatic rings. The average molecular weight is 1920 g/mol. The minimum absolute atomic E-state index is 0.0964. The molecule has 0 saturated heterocycles. The van der Waals surface area contributed by atoms with Crippen LogP contribution in [0.4, 0.5) is 0 Å². The van der Waals surface area contributed by atoms with E-state index in [4.69, 9.17) is 33.2 Å². The molecule has 0 radical (unpaired) electrons. The number of esters is 4. The maximum Gasteiger partial charge on any atom is 0.316 e. The topological polar surface area (TPSA) is 133 Å². The van der Waals surface area contributed by atoms with E-state index in [1.807, 2.05) is 169 Å². The Morgan fingerprint density at radius 3 is 0.777 bits per heavy atom. The standard InChI is InChI=1S/C16H20N.C15H24NO2.C14H22NO2.C14H24NO.C13H20NO2.C12H18NO2.C12H20NO.C12H18N.C11H18NO/c1-17(2,3)13-14-9-11-16(12-10-14)15-7-5-4-6-8-15;1-15(2,3)14(17)18-13-9-7-12(8-10-13)11-16(4,5)6;1-11(2)14(16)17-13-8-6-12(7-9-13)10-15(3,4)5;1-14(2,3)16-13-9-7-12(8-10-13)11-15(4,5)6;1-5-13(15)16-12-8-6-11(7-9-12)10-14(2,3)4;1-10(14)15-12-7-5-11(6-8-12)9-13(2,3)4;1-5-14-12-8-6-11(7-9-12)10-13(2,3)4;1-5-11-6-8-12(9-7-11)10-13(2,3)4;1-12(2,3)9-10-5-7-11(13-4)8-6-10/h4-12H,13H2,1-3H3;7-10H,11H2,1-6H3;6-9,11H,10H2,1-5H3;7-10H,11H2,1-6H3;6-9H,5,10H2,1-4H3;5-8H,9H2,1-4H3;6-9H,5,10H2,1-4H3;5-9H,1,10H2,2-4H3;5-8H,9H2,1-4H3/q9*+1. The molecule has 0 N–H and O–H groups in total. The molecule has 139 heavy (non-hydrogen) atoms. The molecule has 0 aromatic heterocycles. The van der Waals surface area contributed by atoms with Crippen LogP contribution in [-0.4, -0.2) is 274 Å². The first kappa shape index (κ1) is 124. The summed E-state index contributed by atoms with van der Waals surface area (Å²) in [5.74, 6) is 4.31. The Balaban J connectivity index is 0.000000530. The largest absolute Gasteiger partial charge is 0.497 e. The monoisotopic (exact) mass is 1920 g/mol. The predicted molar refractivity (Wildman–Crippen MR) is 580 cm³/mol. The van der Waals surface area contributed by atoms with Gasteiger partial charge in [0.15, 0.2) is 0 Å². The summed E-state index contributed by atoms with van der Waals surface area (Å²) in [7, 11) is 60.4. The van der Waals surface area contributed by atoms with Crippen LogP contribution >= 0.6 is 0 Å². The Bertz CT molecular complexity index is 5110. The lowest BCUT2D eigenvalue weighted by Crippen LogP contribution is -2.33. The number of quaternary nitrogens is 9. The van der Waals surface area contributed by atoms with Crippen molar-refractivity contribution in [3.8, 4) is 51.4 Å². The number of methoxy groups -OCH3 is 1. The number of nitrogens with zero attached hydrogens (tertiary/aromatic N) is 9. The number of carbonyl (C=O) groups is 4. The smallest absolute Gasteiger partial charge is 0.316 e. The van der Waals surface area contributed by atoms with Crippen LogP contribution in [0.15, 0.2) is 255 Å². The first-order valence-corrected chi connectivity index (χ1v) is 48.3. The van der Waals surface area contributed by atoms with E-state index in [1.165, 1.54) is 73.7 Å². The number of hydrogen-bond donors (Lipinski definition) is 0. The summed E-state index contributed by atoms with van der Waals surface area (Å²) in [5, 5.41) is 0. The summed E-state index contributed by atoms with van der Waals surface area (Å²) >= 11 is 0. The Morgan fingerprint density at radius 1 is 0.302 bits per heavy atom. The Kier molecular flexibility index (Phi) is 51.3. The van der Waals surface area contributed by atoms with E-state index in [1.54, 1.807) is 14.0 Å². The van der Waals surface area contributed by atoms with Gasteiger partial charge >= 0.3 is 23.9 Å². The van der Waals surface area contributed by atoms with E-state index in [2.05, 4.69) is 345 Å². The molecule has 0 bridgehead atoms. The van der Waals surface area contributed by atoms with Crippen molar-refractivity contribution in [2.75, 3.05) is 204 Å². The zero-order valence-electron chi connectivity index (χ0n) is 93.3. The molecule has 0 spiro atoms. The molecular weight excluding hydrogens is 1730 g/mol. The maximum absolute atomic E-state index is 11.7. The predicted octanol–water partition coefficient (Wildman–Crippen LogP) is 22.7. The van der Waals surface area contributed by atoms with Gasteiger partial charge in [-0.1, -0.05) is 112 Å². The summed E-state index contributed by atoms with van der Waals surface area (Å²) < 4.78 is 45.2. The van der Waals surface area contributed by atoms with Crippen LogP contribution in [0.25, 0.3) is 17.2 Å². The molecule has 20 nitrogen and oxygen atoms in total. The number of benzene rings is 10. The van der Waals surface area contributed by atoms with Crippen LogP contribution in [0.2, 0.25) is 0 Å². The van der Waals surface area contributed by atoms with Crippen molar-refractivity contribution < 1.29 is 92.7 Å². The van der Waals surface area contributed by atoms with E-state index < -0.39 is 5.41 Å². The van der Waals surface area contributed by atoms with Crippen molar-refractivity contribution in [2.45, 2.75) is 147 Å². The van der Waals surface area contributed by atoms with Crippen LogP contribution in [0.1, 0.15) is 138 Å². The second-order valence-electron chi connectivity index (χ2n) is 47.0. The summed E-state index contributed by atoms with van der Waals surface area (Å²) in [4.78, 5) is 44.9. The minimum Gasteiger partial charge on any atom is -0.497 e. The Morgan fingerprint density at radius 2 is 0.540 bits per heavy atom. The highest BCUT2D eigenvalue weighted by Gasteiger charge is 2.25. The SMILES string of the molecule is C=Cc1ccc(C[N+](C)(C)C)cc1.CC(=O)Oc1ccc(C[N+](C)(C)C)cc1.CC(C)(C)C(=O)Oc1ccc(C[N+](C)(C)C)cc1.CC(C)(C)Oc1ccc(C[N+](C)(C)C)cc1.CC(C)C(=O)Oc1ccc(C[N+](C)(C)C)cc1.CCC(=O)Oc1ccc(C[N+](C)(C)C)cc1.CCOc1ccc(C[N+](C)(C)C)cc1.COc1ccc(C[N+](C)(C)C)cc1.C[N+](C)(C)Cc1ccc(-c2ccccc2)cc1. The molecule has 20 heteroatoms. The number of carbonyl (C=O) groups excluding carboxylic acids is 4. The molecule has 0 fully saturated rings. The third-order valence-corrected chi connectivity index (χ3v) is 18.9. The second-order valence-corrected chi connectivity index (χ2v) is 47.0. The molecule has 10 rings (SSSR count). The van der Waals surface area contributed by atoms with Crippen molar-refractivity contribution in [1.29, 1.82) is 0 Å². The molecular formula is C119H184N9O11+9. The van der Waals surface area contributed by atoms with Gasteiger partial charge in [-0.15, -0.1) is 0 Å². The Hall–Kier alpha value is -11.1. The van der Waals surface area contributed by atoms with Gasteiger partial charge in [-0.2, -0.15) is 0 Å². The molecule has 0 atom stereocenters. The van der Waals surface area contributed by atoms with Gasteiger partial charge in [0.25, 0.3) is 0 Å². The van der Waals surface area contributed by atoms with Gasteiger partial charge in [0.05, 0.1) is 215 Å². The number of rotatable bonds is 30. The van der Waals surface area contributed by atoms with E-state index in [0.29, 0.717) is 29.4 Å². The first-order chi connectivity index (χ1) is 63.9.